The van der Waals surface area contributed by atoms with Gasteiger partial charge in [0.25, 0.3) is 0 Å². The summed E-state index contributed by atoms with van der Waals surface area (Å²) in [6.07, 6.45) is 1.39. The molecular weight excluding hydrogens is 326 g/mol. The van der Waals surface area contributed by atoms with E-state index in [4.69, 9.17) is 9.15 Å². The van der Waals surface area contributed by atoms with E-state index >= 15 is 0 Å². The molecule has 4 rings (SSSR count). The van der Waals surface area contributed by atoms with Crippen LogP contribution in [0, 0.1) is 6.92 Å². The summed E-state index contributed by atoms with van der Waals surface area (Å²) in [6.45, 7) is 8.17. The van der Waals surface area contributed by atoms with Gasteiger partial charge < -0.3 is 14.1 Å². The minimum Gasteiger partial charge on any atom is -0.422 e. The van der Waals surface area contributed by atoms with Gasteiger partial charge in [-0.15, -0.1) is 21.5 Å². The normalized spacial score (nSPS) is 18.7. The maximum Gasteiger partial charge on any atom is 0.247 e. The molecule has 1 fully saturated rings. The monoisotopic (exact) mass is 345 g/mol. The number of thiophene rings is 1. The smallest absolute Gasteiger partial charge is 0.247 e. The molecule has 126 valence electrons. The Morgan fingerprint density at radius 1 is 1.29 bits per heavy atom. The van der Waals surface area contributed by atoms with Crippen LogP contribution in [0.25, 0.3) is 10.2 Å². The number of hydrogen-bond acceptors (Lipinski definition) is 8. The number of morpholine rings is 1. The fraction of sp³-hybridized carbons (Fsp3) is 0.500. The first-order valence-corrected chi connectivity index (χ1v) is 8.90. The van der Waals surface area contributed by atoms with E-state index in [0.29, 0.717) is 24.9 Å². The molecule has 4 heterocycles. The van der Waals surface area contributed by atoms with Crippen LogP contribution in [0.3, 0.4) is 0 Å². The highest BCUT2D eigenvalue weighted by Crippen LogP contribution is 2.33. The van der Waals surface area contributed by atoms with E-state index in [0.717, 1.165) is 22.6 Å². The Morgan fingerprint density at radius 3 is 2.96 bits per heavy atom. The van der Waals surface area contributed by atoms with Crippen LogP contribution in [-0.2, 0) is 4.74 Å². The van der Waals surface area contributed by atoms with Gasteiger partial charge in [0.2, 0.25) is 11.8 Å². The summed E-state index contributed by atoms with van der Waals surface area (Å²) in [5, 5.41) is 11.5. The largest absolute Gasteiger partial charge is 0.422 e. The van der Waals surface area contributed by atoms with Crippen LogP contribution in [0.4, 0.5) is 5.82 Å². The van der Waals surface area contributed by atoms with Crippen molar-refractivity contribution in [1.82, 2.24) is 20.2 Å². The number of rotatable bonds is 3. The van der Waals surface area contributed by atoms with E-state index in [1.54, 1.807) is 17.7 Å². The first kappa shape index (κ1) is 15.5. The highest BCUT2D eigenvalue weighted by Gasteiger charge is 2.29. The molecular formula is C16H19N5O2S. The first-order valence-electron chi connectivity index (χ1n) is 8.02. The Labute approximate surface area is 143 Å². The van der Waals surface area contributed by atoms with Crippen molar-refractivity contribution in [3.63, 3.8) is 0 Å². The summed E-state index contributed by atoms with van der Waals surface area (Å²) in [5.41, 5.74) is 1.20. The molecule has 1 saturated heterocycles. The van der Waals surface area contributed by atoms with Gasteiger partial charge in [-0.05, 0) is 17.9 Å². The lowest BCUT2D eigenvalue weighted by molar-refractivity contribution is 0.0212. The third kappa shape index (κ3) is 2.65. The average Bonchev–Trinajstić information content (AvgIpc) is 3.23. The summed E-state index contributed by atoms with van der Waals surface area (Å²) in [4.78, 5) is 12.1. The molecule has 3 aromatic rings. The molecule has 0 N–H and O–H groups in total. The van der Waals surface area contributed by atoms with Gasteiger partial charge >= 0.3 is 0 Å². The Kier molecular flexibility index (Phi) is 3.93. The van der Waals surface area contributed by atoms with E-state index in [1.165, 1.54) is 5.56 Å². The van der Waals surface area contributed by atoms with Gasteiger partial charge in [-0.3, -0.25) is 0 Å². The Morgan fingerprint density at radius 2 is 2.17 bits per heavy atom. The number of nitrogens with zero attached hydrogens (tertiary/aromatic N) is 5. The number of aryl methyl sites for hydroxylation is 1. The van der Waals surface area contributed by atoms with Gasteiger partial charge in [-0.1, -0.05) is 13.8 Å². The van der Waals surface area contributed by atoms with Crippen LogP contribution in [-0.4, -0.2) is 39.9 Å². The maximum absolute atomic E-state index is 5.85. The molecule has 0 saturated carbocycles. The maximum atomic E-state index is 5.85. The van der Waals surface area contributed by atoms with Crippen molar-refractivity contribution in [2.45, 2.75) is 32.8 Å². The van der Waals surface area contributed by atoms with Crippen molar-refractivity contribution in [2.24, 2.45) is 0 Å². The molecule has 24 heavy (non-hydrogen) atoms. The minimum atomic E-state index is -0.234. The van der Waals surface area contributed by atoms with Crippen LogP contribution >= 0.6 is 11.3 Å². The topological polar surface area (TPSA) is 77.2 Å². The van der Waals surface area contributed by atoms with E-state index in [1.807, 2.05) is 13.8 Å². The van der Waals surface area contributed by atoms with Crippen LogP contribution in [0.2, 0.25) is 0 Å². The summed E-state index contributed by atoms with van der Waals surface area (Å²) in [7, 11) is 0. The van der Waals surface area contributed by atoms with Crippen LogP contribution in [0.5, 0.6) is 0 Å². The van der Waals surface area contributed by atoms with Gasteiger partial charge in [0.05, 0.1) is 18.5 Å². The van der Waals surface area contributed by atoms with E-state index in [-0.39, 0.29) is 12.0 Å². The number of anilines is 1. The zero-order chi connectivity index (χ0) is 16.7. The predicted octanol–water partition coefficient (Wildman–Crippen LogP) is 3.08. The quantitative estimate of drug-likeness (QED) is 0.722. The second kappa shape index (κ2) is 6.10. The molecule has 3 aromatic heterocycles. The minimum absolute atomic E-state index is 0.209. The molecule has 8 heteroatoms. The molecule has 0 amide bonds. The summed E-state index contributed by atoms with van der Waals surface area (Å²) < 4.78 is 11.6. The number of hydrogen-bond donors (Lipinski definition) is 0. The molecule has 0 aliphatic carbocycles. The molecule has 1 aliphatic rings. The molecule has 0 bridgehead atoms. The van der Waals surface area contributed by atoms with E-state index < -0.39 is 0 Å². The summed E-state index contributed by atoms with van der Waals surface area (Å²) in [5.74, 6) is 2.34. The Bertz CT molecular complexity index is 859. The average molecular weight is 345 g/mol. The van der Waals surface area contributed by atoms with Crippen molar-refractivity contribution >= 4 is 27.4 Å². The fourth-order valence-corrected chi connectivity index (χ4v) is 3.72. The van der Waals surface area contributed by atoms with Gasteiger partial charge in [-0.25, -0.2) is 9.97 Å². The zero-order valence-electron chi connectivity index (χ0n) is 13.9. The Balaban J connectivity index is 1.63. The van der Waals surface area contributed by atoms with Gasteiger partial charge in [0.1, 0.15) is 17.0 Å². The molecule has 0 aromatic carbocycles. The van der Waals surface area contributed by atoms with Gasteiger partial charge in [-0.2, -0.15) is 0 Å². The molecule has 7 nitrogen and oxygen atoms in total. The van der Waals surface area contributed by atoms with Crippen LogP contribution in [0.15, 0.2) is 16.1 Å². The van der Waals surface area contributed by atoms with Crippen molar-refractivity contribution in [1.29, 1.82) is 0 Å². The molecule has 0 spiro atoms. The third-order valence-corrected chi connectivity index (χ3v) is 5.13. The highest BCUT2D eigenvalue weighted by atomic mass is 32.1. The van der Waals surface area contributed by atoms with E-state index in [2.05, 4.69) is 37.4 Å². The van der Waals surface area contributed by atoms with E-state index in [9.17, 15) is 0 Å². The van der Waals surface area contributed by atoms with Crippen molar-refractivity contribution in [3.8, 4) is 0 Å². The summed E-state index contributed by atoms with van der Waals surface area (Å²) >= 11 is 1.65. The highest BCUT2D eigenvalue weighted by molar-refractivity contribution is 7.17. The molecule has 1 atom stereocenters. The van der Waals surface area contributed by atoms with Gasteiger partial charge in [0.15, 0.2) is 6.10 Å². The summed E-state index contributed by atoms with van der Waals surface area (Å²) in [6, 6.07) is 0. The van der Waals surface area contributed by atoms with Crippen LogP contribution < -0.4 is 4.90 Å². The molecule has 1 aliphatic heterocycles. The van der Waals surface area contributed by atoms with Crippen molar-refractivity contribution < 1.29 is 9.15 Å². The number of aromatic nitrogens is 4. The standard InChI is InChI=1S/C16H19N5O2S/c1-9(2)14-19-20-15(23-14)11-6-21(4-5-22-11)13-12-10(3)7-24-16(12)18-8-17-13/h7-9,11H,4-6H2,1-3H3. The second-order valence-electron chi connectivity index (χ2n) is 6.23. The Hall–Kier alpha value is -2.06. The van der Waals surface area contributed by atoms with Crippen molar-refractivity contribution in [3.05, 3.63) is 29.1 Å². The SMILES string of the molecule is Cc1csc2ncnc(N3CCOC(c4nnc(C(C)C)o4)C3)c12. The fourth-order valence-electron chi connectivity index (χ4n) is 2.84. The van der Waals surface area contributed by atoms with Gasteiger partial charge in [0, 0.05) is 12.5 Å². The predicted molar refractivity (Wildman–Crippen MR) is 91.4 cm³/mol. The lowest BCUT2D eigenvalue weighted by Crippen LogP contribution is -2.39. The first-order chi connectivity index (χ1) is 11.6. The zero-order valence-corrected chi connectivity index (χ0v) is 14.7. The molecule has 0 radical (unpaired) electrons. The third-order valence-electron chi connectivity index (χ3n) is 4.13. The number of ether oxygens (including phenoxy) is 1. The second-order valence-corrected chi connectivity index (χ2v) is 7.09. The lowest BCUT2D eigenvalue weighted by atomic mass is 10.2. The number of fused-ring (bicyclic) bond motifs is 1. The van der Waals surface area contributed by atoms with Crippen LogP contribution in [0.1, 0.15) is 43.2 Å². The van der Waals surface area contributed by atoms with Crippen molar-refractivity contribution in [2.75, 3.05) is 24.6 Å². The molecule has 1 unspecified atom stereocenters. The lowest BCUT2D eigenvalue weighted by Gasteiger charge is -2.32.